The van der Waals surface area contributed by atoms with Gasteiger partial charge in [0.2, 0.25) is 0 Å². The molecule has 0 saturated carbocycles. The Morgan fingerprint density at radius 3 is 2.32 bits per heavy atom. The summed E-state index contributed by atoms with van der Waals surface area (Å²) in [6, 6.07) is 25.1. The van der Waals surface area contributed by atoms with Crippen molar-refractivity contribution in [3.8, 4) is 11.3 Å². The van der Waals surface area contributed by atoms with E-state index in [9.17, 15) is 22.8 Å². The van der Waals surface area contributed by atoms with Crippen molar-refractivity contribution < 1.29 is 27.5 Å². The maximum absolute atomic E-state index is 14.3. The predicted octanol–water partition coefficient (Wildman–Crippen LogP) is 6.05. The zero-order valence-electron chi connectivity index (χ0n) is 23.6. The Balaban J connectivity index is 1.46. The number of imidazole rings is 1. The topological polar surface area (TPSA) is 92.6 Å². The molecule has 2 amide bonds. The van der Waals surface area contributed by atoms with E-state index in [1.165, 1.54) is 11.7 Å². The molecule has 0 saturated heterocycles. The van der Waals surface area contributed by atoms with Crippen LogP contribution in [-0.4, -0.2) is 45.1 Å². The number of benzene rings is 3. The van der Waals surface area contributed by atoms with E-state index in [1.54, 1.807) is 48.5 Å². The number of hydrogen-bond acceptors (Lipinski definition) is 6. The smallest absolute Gasteiger partial charge is 0.434 e. The first-order chi connectivity index (χ1) is 21.2. The molecule has 3 aromatic carbocycles. The van der Waals surface area contributed by atoms with Crippen molar-refractivity contribution in [1.82, 2.24) is 24.9 Å². The van der Waals surface area contributed by atoms with Crippen LogP contribution in [0.5, 0.6) is 0 Å². The summed E-state index contributed by atoms with van der Waals surface area (Å²) >= 11 is 0. The van der Waals surface area contributed by atoms with Gasteiger partial charge in [0.05, 0.1) is 36.1 Å². The lowest BCUT2D eigenvalue weighted by Crippen LogP contribution is -2.47. The second kappa shape index (κ2) is 11.8. The van der Waals surface area contributed by atoms with E-state index in [2.05, 4.69) is 10.4 Å². The quantitative estimate of drug-likeness (QED) is 0.247. The van der Waals surface area contributed by atoms with E-state index in [4.69, 9.17) is 9.72 Å². The van der Waals surface area contributed by atoms with Crippen LogP contribution in [0.15, 0.2) is 91.1 Å². The lowest BCUT2D eigenvalue weighted by Gasteiger charge is -2.29. The van der Waals surface area contributed by atoms with Crippen molar-refractivity contribution in [1.29, 1.82) is 0 Å². The van der Waals surface area contributed by atoms with Crippen molar-refractivity contribution in [3.63, 3.8) is 0 Å². The number of carbonyl (C=O) groups excluding carboxylic acids is 2. The van der Waals surface area contributed by atoms with Gasteiger partial charge in [-0.2, -0.15) is 18.2 Å². The molecule has 2 aromatic heterocycles. The summed E-state index contributed by atoms with van der Waals surface area (Å²) in [5, 5.41) is 1.58. The summed E-state index contributed by atoms with van der Waals surface area (Å²) in [6.45, 7) is 1.03. The highest BCUT2D eigenvalue weighted by atomic mass is 19.4. The number of aromatic nitrogens is 3. The Morgan fingerprint density at radius 1 is 0.932 bits per heavy atom. The molecule has 9 nitrogen and oxygen atoms in total. The number of carbonyl (C=O) groups is 2. The van der Waals surface area contributed by atoms with E-state index in [1.807, 2.05) is 41.3 Å². The molecule has 224 valence electrons. The van der Waals surface area contributed by atoms with Gasteiger partial charge in [-0.1, -0.05) is 66.7 Å². The fourth-order valence-corrected chi connectivity index (χ4v) is 5.34. The number of anilines is 1. The summed E-state index contributed by atoms with van der Waals surface area (Å²) in [4.78, 5) is 37.8. The van der Waals surface area contributed by atoms with Gasteiger partial charge in [-0.15, -0.1) is 0 Å². The number of hydrogen-bond donors (Lipinski definition) is 1. The van der Waals surface area contributed by atoms with Crippen LogP contribution in [0.3, 0.4) is 0 Å². The third kappa shape index (κ3) is 5.71. The normalized spacial score (nSPS) is 13.4. The Morgan fingerprint density at radius 2 is 1.61 bits per heavy atom. The third-order valence-electron chi connectivity index (χ3n) is 7.41. The van der Waals surface area contributed by atoms with Crippen LogP contribution >= 0.6 is 0 Å². The summed E-state index contributed by atoms with van der Waals surface area (Å²) in [5.41, 5.74) is 4.87. The van der Waals surface area contributed by atoms with Crippen LogP contribution in [0.25, 0.3) is 22.2 Å². The molecule has 3 heterocycles. The van der Waals surface area contributed by atoms with E-state index in [0.717, 1.165) is 16.8 Å². The summed E-state index contributed by atoms with van der Waals surface area (Å²) < 4.78 is 46.6. The van der Waals surface area contributed by atoms with Crippen molar-refractivity contribution in [2.24, 2.45) is 0 Å². The molecule has 1 aliphatic heterocycles. The van der Waals surface area contributed by atoms with Gasteiger partial charge in [0.1, 0.15) is 5.82 Å². The first-order valence-corrected chi connectivity index (χ1v) is 13.8. The minimum Gasteiger partial charge on any atom is -0.451 e. The Bertz CT molecular complexity index is 1830. The highest BCUT2D eigenvalue weighted by Gasteiger charge is 2.36. The maximum Gasteiger partial charge on any atom is 0.434 e. The number of nitrogens with one attached hydrogen (secondary N) is 1. The zero-order valence-corrected chi connectivity index (χ0v) is 23.6. The predicted molar refractivity (Wildman–Crippen MR) is 157 cm³/mol. The molecule has 1 N–H and O–H groups in total. The first-order valence-electron chi connectivity index (χ1n) is 13.8. The van der Waals surface area contributed by atoms with Crippen molar-refractivity contribution in [2.45, 2.75) is 25.8 Å². The summed E-state index contributed by atoms with van der Waals surface area (Å²) in [5.74, 6) is -0.298. The molecule has 5 aromatic rings. The van der Waals surface area contributed by atoms with E-state index in [-0.39, 0.29) is 24.5 Å². The molecule has 0 unspecified atom stereocenters. The number of hydrazine groups is 1. The van der Waals surface area contributed by atoms with Gasteiger partial charge in [0, 0.05) is 42.3 Å². The lowest BCUT2D eigenvalue weighted by atomic mass is 9.95. The van der Waals surface area contributed by atoms with Crippen LogP contribution in [0, 0.1) is 0 Å². The van der Waals surface area contributed by atoms with Crippen molar-refractivity contribution in [2.75, 3.05) is 18.7 Å². The van der Waals surface area contributed by atoms with Crippen LogP contribution in [0.2, 0.25) is 0 Å². The fourth-order valence-electron chi connectivity index (χ4n) is 5.34. The number of fused-ring (bicyclic) bond motifs is 2. The van der Waals surface area contributed by atoms with Crippen molar-refractivity contribution >= 4 is 28.6 Å². The number of halogens is 3. The van der Waals surface area contributed by atoms with Crippen LogP contribution in [0.4, 0.5) is 23.7 Å². The average molecular weight is 601 g/mol. The average Bonchev–Trinajstić information content (AvgIpc) is 3.48. The largest absolute Gasteiger partial charge is 0.451 e. The highest BCUT2D eigenvalue weighted by Crippen LogP contribution is 2.34. The molecule has 0 bridgehead atoms. The molecular weight excluding hydrogens is 573 g/mol. The van der Waals surface area contributed by atoms with E-state index in [0.29, 0.717) is 40.9 Å². The van der Waals surface area contributed by atoms with Gasteiger partial charge in [0.25, 0.3) is 5.91 Å². The molecule has 6 rings (SSSR count). The van der Waals surface area contributed by atoms with E-state index < -0.39 is 23.9 Å². The van der Waals surface area contributed by atoms with Gasteiger partial charge in [-0.05, 0) is 18.2 Å². The number of para-hydroxylation sites is 2. The Hall–Kier alpha value is -5.23. The molecule has 0 fully saturated rings. The number of nitrogens with zero attached hydrogens (tertiary/aromatic N) is 5. The SMILES string of the molecule is COC(=O)N(NC(=O)c1c(CN2CCn3cc(C(F)(F)F)nc3C2)c(-c2ccccc2)nc2ccccc12)c1ccccc1. The molecule has 1 aliphatic rings. The Kier molecular flexibility index (Phi) is 7.75. The maximum atomic E-state index is 14.3. The van der Waals surface area contributed by atoms with Gasteiger partial charge in [-0.3, -0.25) is 15.1 Å². The molecule has 12 heteroatoms. The van der Waals surface area contributed by atoms with Gasteiger partial charge in [0.15, 0.2) is 5.69 Å². The van der Waals surface area contributed by atoms with Crippen molar-refractivity contribution in [3.05, 3.63) is 114 Å². The molecule has 0 aliphatic carbocycles. The number of methoxy groups -OCH3 is 1. The van der Waals surface area contributed by atoms with Gasteiger partial charge in [-0.25, -0.2) is 14.8 Å². The number of pyridine rings is 1. The number of amides is 2. The molecule has 44 heavy (non-hydrogen) atoms. The fraction of sp³-hybridized carbons (Fsp3) is 0.188. The Labute approximate surface area is 250 Å². The number of alkyl halides is 3. The van der Waals surface area contributed by atoms with Crippen LogP contribution in [0.1, 0.15) is 27.4 Å². The number of ether oxygens (including phenoxy) is 1. The van der Waals surface area contributed by atoms with Crippen LogP contribution in [-0.2, 0) is 30.5 Å². The van der Waals surface area contributed by atoms with Gasteiger partial charge < -0.3 is 9.30 Å². The molecule has 0 radical (unpaired) electrons. The minimum atomic E-state index is -4.55. The highest BCUT2D eigenvalue weighted by molar-refractivity contribution is 6.10. The summed E-state index contributed by atoms with van der Waals surface area (Å²) in [7, 11) is 1.22. The standard InChI is InChI=1S/C32H27F3N6O3/c1-44-31(43)41(22-12-6-3-7-13-22)38-30(42)28-23-14-8-9-15-25(23)36-29(21-10-4-2-5-11-21)24(28)18-39-16-17-40-19-26(32(33,34)35)37-27(40)20-39/h2-15,19H,16-18,20H2,1H3,(H,38,42). The monoisotopic (exact) mass is 600 g/mol. The molecule has 0 atom stereocenters. The first kappa shape index (κ1) is 28.9. The van der Waals surface area contributed by atoms with Crippen LogP contribution < -0.4 is 10.4 Å². The second-order valence-corrected chi connectivity index (χ2v) is 10.2. The summed E-state index contributed by atoms with van der Waals surface area (Å²) in [6.07, 6.45) is -4.31. The zero-order chi connectivity index (χ0) is 30.8. The molecular formula is C32H27F3N6O3. The van der Waals surface area contributed by atoms with E-state index >= 15 is 0 Å². The third-order valence-corrected chi connectivity index (χ3v) is 7.41. The second-order valence-electron chi connectivity index (χ2n) is 10.2. The van der Waals surface area contributed by atoms with Gasteiger partial charge >= 0.3 is 12.3 Å². The lowest BCUT2D eigenvalue weighted by molar-refractivity contribution is -0.141. The number of rotatable bonds is 5. The molecule has 0 spiro atoms. The minimum absolute atomic E-state index is 0.135.